The molecular weight excluding hydrogens is 240 g/mol. The Labute approximate surface area is 115 Å². The van der Waals surface area contributed by atoms with Crippen molar-refractivity contribution in [2.45, 2.75) is 69.6 Å². The standard InChI is InChI=1S/C15H26N2O2/c16-12-4-1-3-11(9-12)10-15(18)17-7-8-19-14-6-2-5-13(14)17/h11-14H,1-10,16H2. The van der Waals surface area contributed by atoms with Crippen molar-refractivity contribution in [2.75, 3.05) is 13.2 Å². The van der Waals surface area contributed by atoms with Gasteiger partial charge in [0.15, 0.2) is 0 Å². The molecule has 0 spiro atoms. The van der Waals surface area contributed by atoms with Crippen molar-refractivity contribution in [1.82, 2.24) is 4.90 Å². The Morgan fingerprint density at radius 1 is 1.21 bits per heavy atom. The Morgan fingerprint density at radius 2 is 2.05 bits per heavy atom. The third kappa shape index (κ3) is 2.95. The number of ether oxygens (including phenoxy) is 1. The number of nitrogens with zero attached hydrogens (tertiary/aromatic N) is 1. The van der Waals surface area contributed by atoms with Crippen LogP contribution in [0.15, 0.2) is 0 Å². The van der Waals surface area contributed by atoms with Gasteiger partial charge in [-0.1, -0.05) is 6.42 Å². The molecule has 19 heavy (non-hydrogen) atoms. The van der Waals surface area contributed by atoms with E-state index in [0.717, 1.165) is 38.8 Å². The SMILES string of the molecule is NC1CCCC(CC(=O)N2CCOC3CCCC32)C1. The van der Waals surface area contributed by atoms with Crippen LogP contribution in [0, 0.1) is 5.92 Å². The maximum absolute atomic E-state index is 12.5. The minimum absolute atomic E-state index is 0.311. The molecule has 1 saturated heterocycles. The molecule has 3 rings (SSSR count). The lowest BCUT2D eigenvalue weighted by molar-refractivity contribution is -0.145. The molecule has 2 N–H and O–H groups in total. The van der Waals surface area contributed by atoms with Gasteiger partial charge in [-0.2, -0.15) is 0 Å². The van der Waals surface area contributed by atoms with Gasteiger partial charge in [0.05, 0.1) is 18.8 Å². The van der Waals surface area contributed by atoms with E-state index in [1.165, 1.54) is 19.3 Å². The first-order valence-electron chi connectivity index (χ1n) is 7.90. The van der Waals surface area contributed by atoms with Gasteiger partial charge in [-0.25, -0.2) is 0 Å². The van der Waals surface area contributed by atoms with Crippen molar-refractivity contribution in [1.29, 1.82) is 0 Å². The predicted octanol–water partition coefficient (Wildman–Crippen LogP) is 1.67. The van der Waals surface area contributed by atoms with Gasteiger partial charge >= 0.3 is 0 Å². The summed E-state index contributed by atoms with van der Waals surface area (Å²) in [5.41, 5.74) is 6.02. The summed E-state index contributed by atoms with van der Waals surface area (Å²) in [4.78, 5) is 14.7. The van der Waals surface area contributed by atoms with Gasteiger partial charge in [0.1, 0.15) is 0 Å². The number of hydrogen-bond donors (Lipinski definition) is 1. The first-order chi connectivity index (χ1) is 9.24. The molecule has 108 valence electrons. The molecule has 0 aromatic carbocycles. The van der Waals surface area contributed by atoms with Crippen molar-refractivity contribution in [3.8, 4) is 0 Å². The van der Waals surface area contributed by atoms with E-state index in [2.05, 4.69) is 4.90 Å². The fraction of sp³-hybridized carbons (Fsp3) is 0.933. The molecule has 2 saturated carbocycles. The number of carbonyl (C=O) groups is 1. The van der Waals surface area contributed by atoms with Crippen LogP contribution in [0.3, 0.4) is 0 Å². The Balaban J connectivity index is 1.57. The summed E-state index contributed by atoms with van der Waals surface area (Å²) in [5, 5.41) is 0. The average Bonchev–Trinajstić information content (AvgIpc) is 2.86. The highest BCUT2D eigenvalue weighted by Crippen LogP contribution is 2.32. The number of fused-ring (bicyclic) bond motifs is 1. The van der Waals surface area contributed by atoms with Crippen LogP contribution in [0.25, 0.3) is 0 Å². The zero-order valence-corrected chi connectivity index (χ0v) is 11.7. The van der Waals surface area contributed by atoms with Crippen LogP contribution in [0.5, 0.6) is 0 Å². The van der Waals surface area contributed by atoms with Crippen LogP contribution in [0.2, 0.25) is 0 Å². The van der Waals surface area contributed by atoms with E-state index >= 15 is 0 Å². The maximum atomic E-state index is 12.5. The first kappa shape index (κ1) is 13.4. The molecule has 0 aromatic heterocycles. The van der Waals surface area contributed by atoms with Crippen molar-refractivity contribution < 1.29 is 9.53 Å². The molecular formula is C15H26N2O2. The van der Waals surface area contributed by atoms with Crippen LogP contribution in [-0.4, -0.2) is 42.1 Å². The largest absolute Gasteiger partial charge is 0.374 e. The predicted molar refractivity (Wildman–Crippen MR) is 73.6 cm³/mol. The van der Waals surface area contributed by atoms with E-state index in [0.29, 0.717) is 36.4 Å². The zero-order chi connectivity index (χ0) is 13.2. The first-order valence-corrected chi connectivity index (χ1v) is 7.90. The summed E-state index contributed by atoms with van der Waals surface area (Å²) in [5.74, 6) is 0.859. The molecule has 2 aliphatic carbocycles. The Bertz CT molecular complexity index is 334. The fourth-order valence-electron chi connectivity index (χ4n) is 4.12. The molecule has 1 heterocycles. The van der Waals surface area contributed by atoms with E-state index in [4.69, 9.17) is 10.5 Å². The quantitative estimate of drug-likeness (QED) is 0.827. The normalized spacial score (nSPS) is 39.1. The second kappa shape index (κ2) is 5.80. The highest BCUT2D eigenvalue weighted by Gasteiger charge is 2.38. The Morgan fingerprint density at radius 3 is 2.89 bits per heavy atom. The minimum atomic E-state index is 0.311. The summed E-state index contributed by atoms with van der Waals surface area (Å²) in [6.45, 7) is 1.51. The second-order valence-corrected chi connectivity index (χ2v) is 6.49. The van der Waals surface area contributed by atoms with Crippen LogP contribution >= 0.6 is 0 Å². The van der Waals surface area contributed by atoms with Gasteiger partial charge in [0.25, 0.3) is 0 Å². The van der Waals surface area contributed by atoms with Gasteiger partial charge in [-0.15, -0.1) is 0 Å². The number of amides is 1. The average molecular weight is 266 g/mol. The van der Waals surface area contributed by atoms with E-state index in [9.17, 15) is 4.79 Å². The zero-order valence-electron chi connectivity index (χ0n) is 11.7. The molecule has 3 aliphatic rings. The van der Waals surface area contributed by atoms with Crippen LogP contribution in [0.4, 0.5) is 0 Å². The number of morpholine rings is 1. The summed E-state index contributed by atoms with van der Waals surface area (Å²) in [6, 6.07) is 0.675. The third-order valence-electron chi connectivity index (χ3n) is 5.09. The van der Waals surface area contributed by atoms with Gasteiger partial charge in [0.2, 0.25) is 5.91 Å². The van der Waals surface area contributed by atoms with Crippen molar-refractivity contribution in [3.63, 3.8) is 0 Å². The molecule has 0 radical (unpaired) electrons. The number of carbonyl (C=O) groups excluding carboxylic acids is 1. The number of nitrogens with two attached hydrogens (primary N) is 1. The molecule has 3 fully saturated rings. The van der Waals surface area contributed by atoms with Gasteiger partial charge in [0, 0.05) is 19.0 Å². The van der Waals surface area contributed by atoms with Gasteiger partial charge in [-0.3, -0.25) is 4.79 Å². The molecule has 4 heteroatoms. The van der Waals surface area contributed by atoms with Crippen molar-refractivity contribution in [2.24, 2.45) is 11.7 Å². The topological polar surface area (TPSA) is 55.6 Å². The minimum Gasteiger partial charge on any atom is -0.374 e. The summed E-state index contributed by atoms with van der Waals surface area (Å²) in [6.07, 6.45) is 9.00. The lowest BCUT2D eigenvalue weighted by atomic mass is 9.84. The van der Waals surface area contributed by atoms with E-state index in [1.807, 2.05) is 0 Å². The van der Waals surface area contributed by atoms with E-state index in [1.54, 1.807) is 0 Å². The molecule has 0 bridgehead atoms. The molecule has 4 unspecified atom stereocenters. The third-order valence-corrected chi connectivity index (χ3v) is 5.09. The highest BCUT2D eigenvalue weighted by atomic mass is 16.5. The number of hydrogen-bond acceptors (Lipinski definition) is 3. The van der Waals surface area contributed by atoms with Crippen LogP contribution < -0.4 is 5.73 Å². The van der Waals surface area contributed by atoms with Crippen LogP contribution in [0.1, 0.15) is 51.4 Å². The Hall–Kier alpha value is -0.610. The molecule has 1 aliphatic heterocycles. The molecule has 4 atom stereocenters. The van der Waals surface area contributed by atoms with E-state index < -0.39 is 0 Å². The molecule has 0 aromatic rings. The smallest absolute Gasteiger partial charge is 0.223 e. The monoisotopic (exact) mass is 266 g/mol. The second-order valence-electron chi connectivity index (χ2n) is 6.49. The summed E-state index contributed by atoms with van der Waals surface area (Å²) < 4.78 is 5.78. The molecule has 1 amide bonds. The van der Waals surface area contributed by atoms with Crippen LogP contribution in [-0.2, 0) is 9.53 Å². The van der Waals surface area contributed by atoms with Crippen molar-refractivity contribution in [3.05, 3.63) is 0 Å². The number of rotatable bonds is 2. The highest BCUT2D eigenvalue weighted by molar-refractivity contribution is 5.77. The summed E-state index contributed by atoms with van der Waals surface area (Å²) >= 11 is 0. The van der Waals surface area contributed by atoms with E-state index in [-0.39, 0.29) is 0 Å². The Kier molecular flexibility index (Phi) is 4.08. The lowest BCUT2D eigenvalue weighted by Gasteiger charge is -2.39. The van der Waals surface area contributed by atoms with Gasteiger partial charge in [-0.05, 0) is 44.4 Å². The fourth-order valence-corrected chi connectivity index (χ4v) is 4.12. The van der Waals surface area contributed by atoms with Crippen molar-refractivity contribution >= 4 is 5.91 Å². The maximum Gasteiger partial charge on any atom is 0.223 e. The molecule has 4 nitrogen and oxygen atoms in total. The summed E-state index contributed by atoms with van der Waals surface area (Å²) in [7, 11) is 0. The lowest BCUT2D eigenvalue weighted by Crippen LogP contribution is -2.51. The van der Waals surface area contributed by atoms with Gasteiger partial charge < -0.3 is 15.4 Å².